The van der Waals surface area contributed by atoms with Gasteiger partial charge in [0, 0.05) is 18.2 Å². The van der Waals surface area contributed by atoms with Gasteiger partial charge in [-0.3, -0.25) is 14.9 Å². The molecule has 0 unspecified atom stereocenters. The fourth-order valence-electron chi connectivity index (χ4n) is 1.91. The first-order chi connectivity index (χ1) is 10.5. The molecule has 1 N–H and O–H groups in total. The standard InChI is InChI=1S/C14H9N3O4S/c18-11-5-6-13-12(7-11)16(14(19)22-13)15-8-9-1-3-10(4-2-9)17(20)21/h1-8,18H/b15-8+. The molecule has 7 nitrogen and oxygen atoms in total. The number of nitro groups is 1. The van der Waals surface area contributed by atoms with Crippen molar-refractivity contribution in [1.82, 2.24) is 4.68 Å². The van der Waals surface area contributed by atoms with Crippen LogP contribution in [0.4, 0.5) is 5.69 Å². The van der Waals surface area contributed by atoms with Gasteiger partial charge in [0.25, 0.3) is 5.69 Å². The topological polar surface area (TPSA) is 97.7 Å². The summed E-state index contributed by atoms with van der Waals surface area (Å²) in [6, 6.07) is 10.4. The van der Waals surface area contributed by atoms with Gasteiger partial charge in [0.2, 0.25) is 0 Å². The molecule has 0 aliphatic rings. The van der Waals surface area contributed by atoms with E-state index in [9.17, 15) is 20.0 Å². The van der Waals surface area contributed by atoms with Gasteiger partial charge in [-0.05, 0) is 29.8 Å². The molecule has 0 aliphatic carbocycles. The maximum absolute atomic E-state index is 11.9. The highest BCUT2D eigenvalue weighted by Crippen LogP contribution is 2.22. The Balaban J connectivity index is 1.98. The Kier molecular flexibility index (Phi) is 3.43. The maximum Gasteiger partial charge on any atom is 0.328 e. The number of nitrogens with zero attached hydrogens (tertiary/aromatic N) is 3. The highest BCUT2D eigenvalue weighted by atomic mass is 32.1. The molecule has 8 heteroatoms. The maximum atomic E-state index is 11.9. The van der Waals surface area contributed by atoms with Crippen LogP contribution in [0, 0.1) is 10.1 Å². The molecule has 1 aromatic heterocycles. The summed E-state index contributed by atoms with van der Waals surface area (Å²) in [4.78, 5) is 21.7. The quantitative estimate of drug-likeness (QED) is 0.456. The number of benzene rings is 2. The lowest BCUT2D eigenvalue weighted by Gasteiger charge is -1.97. The number of rotatable bonds is 3. The summed E-state index contributed by atoms with van der Waals surface area (Å²) in [5, 5.41) is 24.2. The average Bonchev–Trinajstić information content (AvgIpc) is 2.80. The molecule has 1 heterocycles. The number of phenols is 1. The number of hydrogen-bond donors (Lipinski definition) is 1. The Morgan fingerprint density at radius 3 is 2.64 bits per heavy atom. The molecule has 0 spiro atoms. The molecule has 3 aromatic rings. The first-order valence-corrected chi connectivity index (χ1v) is 6.99. The van der Waals surface area contributed by atoms with Gasteiger partial charge in [0.15, 0.2) is 0 Å². The fourth-order valence-corrected chi connectivity index (χ4v) is 2.72. The Bertz CT molecular complexity index is 941. The van der Waals surface area contributed by atoms with Gasteiger partial charge in [0.05, 0.1) is 21.4 Å². The van der Waals surface area contributed by atoms with E-state index in [0.717, 1.165) is 11.3 Å². The number of fused-ring (bicyclic) bond motifs is 1. The van der Waals surface area contributed by atoms with Gasteiger partial charge in [-0.1, -0.05) is 11.3 Å². The van der Waals surface area contributed by atoms with Gasteiger partial charge in [-0.25, -0.2) is 0 Å². The van der Waals surface area contributed by atoms with E-state index in [-0.39, 0.29) is 16.3 Å². The van der Waals surface area contributed by atoms with Crippen LogP contribution in [0.25, 0.3) is 10.2 Å². The van der Waals surface area contributed by atoms with Crippen molar-refractivity contribution in [3.63, 3.8) is 0 Å². The van der Waals surface area contributed by atoms with E-state index in [1.54, 1.807) is 18.2 Å². The molecular weight excluding hydrogens is 306 g/mol. The molecule has 0 saturated heterocycles. The summed E-state index contributed by atoms with van der Waals surface area (Å²) in [5.41, 5.74) is 1.12. The summed E-state index contributed by atoms with van der Waals surface area (Å²) in [6.45, 7) is 0. The lowest BCUT2D eigenvalue weighted by molar-refractivity contribution is -0.384. The van der Waals surface area contributed by atoms with Crippen LogP contribution < -0.4 is 4.87 Å². The smallest absolute Gasteiger partial charge is 0.328 e. The number of nitro benzene ring substituents is 1. The molecule has 22 heavy (non-hydrogen) atoms. The summed E-state index contributed by atoms with van der Waals surface area (Å²) in [6.07, 6.45) is 1.43. The molecule has 0 fully saturated rings. The van der Waals surface area contributed by atoms with Gasteiger partial charge >= 0.3 is 4.87 Å². The zero-order valence-corrected chi connectivity index (χ0v) is 11.9. The van der Waals surface area contributed by atoms with Gasteiger partial charge in [-0.2, -0.15) is 9.78 Å². The molecule has 0 amide bonds. The normalized spacial score (nSPS) is 11.3. The van der Waals surface area contributed by atoms with Crippen LogP contribution in [0.5, 0.6) is 5.75 Å². The van der Waals surface area contributed by atoms with E-state index in [2.05, 4.69) is 5.10 Å². The van der Waals surface area contributed by atoms with Crippen molar-refractivity contribution in [3.05, 3.63) is 67.8 Å². The van der Waals surface area contributed by atoms with Crippen LogP contribution in [0.2, 0.25) is 0 Å². The lowest BCUT2D eigenvalue weighted by Crippen LogP contribution is -2.07. The van der Waals surface area contributed by atoms with Crippen molar-refractivity contribution < 1.29 is 10.0 Å². The molecule has 0 saturated carbocycles. The van der Waals surface area contributed by atoms with Crippen LogP contribution in [0.15, 0.2) is 52.4 Å². The first-order valence-electron chi connectivity index (χ1n) is 6.18. The molecule has 0 atom stereocenters. The fraction of sp³-hybridized carbons (Fsp3) is 0. The summed E-state index contributed by atoms with van der Waals surface area (Å²) in [7, 11) is 0. The third-order valence-electron chi connectivity index (χ3n) is 2.97. The Morgan fingerprint density at radius 2 is 1.95 bits per heavy atom. The summed E-state index contributed by atoms with van der Waals surface area (Å²) >= 11 is 1.02. The van der Waals surface area contributed by atoms with Crippen LogP contribution in [-0.4, -0.2) is 20.9 Å². The predicted molar refractivity (Wildman–Crippen MR) is 83.8 cm³/mol. The molecular formula is C14H9N3O4S. The molecule has 0 radical (unpaired) electrons. The zero-order chi connectivity index (χ0) is 15.7. The molecule has 3 rings (SSSR count). The van der Waals surface area contributed by atoms with Crippen molar-refractivity contribution in [2.75, 3.05) is 0 Å². The van der Waals surface area contributed by atoms with Crippen molar-refractivity contribution in [2.45, 2.75) is 0 Å². The number of non-ortho nitro benzene ring substituents is 1. The number of aromatic nitrogens is 1. The minimum atomic E-state index is -0.486. The van der Waals surface area contributed by atoms with Gasteiger partial charge < -0.3 is 5.11 Å². The summed E-state index contributed by atoms with van der Waals surface area (Å²) in [5.74, 6) is 0.0459. The summed E-state index contributed by atoms with van der Waals surface area (Å²) < 4.78 is 1.89. The van der Waals surface area contributed by atoms with E-state index in [1.807, 2.05) is 0 Å². The number of hydrogen-bond acceptors (Lipinski definition) is 6. The van der Waals surface area contributed by atoms with Crippen LogP contribution in [0.3, 0.4) is 0 Å². The Morgan fingerprint density at radius 1 is 1.23 bits per heavy atom. The Labute approximate surface area is 127 Å². The van der Waals surface area contributed by atoms with E-state index >= 15 is 0 Å². The minimum absolute atomic E-state index is 0.0137. The zero-order valence-electron chi connectivity index (χ0n) is 11.0. The van der Waals surface area contributed by atoms with Gasteiger partial charge in [0.1, 0.15) is 5.75 Å². The molecule has 110 valence electrons. The van der Waals surface area contributed by atoms with E-state index in [4.69, 9.17) is 0 Å². The van der Waals surface area contributed by atoms with Crippen LogP contribution in [0.1, 0.15) is 5.56 Å². The number of aromatic hydroxyl groups is 1. The molecule has 0 aliphatic heterocycles. The second-order valence-electron chi connectivity index (χ2n) is 4.43. The van der Waals surface area contributed by atoms with Gasteiger partial charge in [-0.15, -0.1) is 0 Å². The third kappa shape index (κ3) is 2.59. The number of phenolic OH excluding ortho intramolecular Hbond substituents is 1. The lowest BCUT2D eigenvalue weighted by atomic mass is 10.2. The highest BCUT2D eigenvalue weighted by molar-refractivity contribution is 7.16. The highest BCUT2D eigenvalue weighted by Gasteiger charge is 2.07. The first kappa shape index (κ1) is 14.0. The van der Waals surface area contributed by atoms with Crippen LogP contribution >= 0.6 is 11.3 Å². The SMILES string of the molecule is O=c1sc2ccc(O)cc2n1/N=C/c1ccc([N+](=O)[O-])cc1. The second kappa shape index (κ2) is 5.41. The second-order valence-corrected chi connectivity index (χ2v) is 5.42. The predicted octanol–water partition coefficient (Wildman–Crippen LogP) is 2.56. The molecule has 2 aromatic carbocycles. The van der Waals surface area contributed by atoms with Crippen molar-refractivity contribution >= 4 is 33.5 Å². The van der Waals surface area contributed by atoms with Crippen molar-refractivity contribution in [2.24, 2.45) is 5.10 Å². The minimum Gasteiger partial charge on any atom is -0.508 e. The van der Waals surface area contributed by atoms with Crippen molar-refractivity contribution in [3.8, 4) is 5.75 Å². The Hall–Kier alpha value is -3.00. The third-order valence-corrected chi connectivity index (χ3v) is 3.88. The van der Waals surface area contributed by atoms with E-state index < -0.39 is 4.92 Å². The monoisotopic (exact) mass is 315 g/mol. The van der Waals surface area contributed by atoms with Crippen LogP contribution in [-0.2, 0) is 0 Å². The molecule has 0 bridgehead atoms. The largest absolute Gasteiger partial charge is 0.508 e. The van der Waals surface area contributed by atoms with Crippen molar-refractivity contribution in [1.29, 1.82) is 0 Å². The average molecular weight is 315 g/mol. The van der Waals surface area contributed by atoms with E-state index in [0.29, 0.717) is 15.8 Å². The number of thiazole rings is 1. The van der Waals surface area contributed by atoms with E-state index in [1.165, 1.54) is 35.2 Å².